The average molecular weight is 476 g/mol. The molecule has 0 unspecified atom stereocenters. The number of benzene rings is 2. The lowest BCUT2D eigenvalue weighted by Gasteiger charge is -2.34. The van der Waals surface area contributed by atoms with E-state index in [9.17, 15) is 18.0 Å². The van der Waals surface area contributed by atoms with Gasteiger partial charge in [0.05, 0.1) is 16.1 Å². The summed E-state index contributed by atoms with van der Waals surface area (Å²) in [6.07, 6.45) is -3.55. The summed E-state index contributed by atoms with van der Waals surface area (Å²) in [5.41, 5.74) is 2.72. The zero-order valence-electron chi connectivity index (χ0n) is 17.2. The van der Waals surface area contributed by atoms with Crippen molar-refractivity contribution < 1.29 is 23.1 Å². The quantitative estimate of drug-likeness (QED) is 0.498. The summed E-state index contributed by atoms with van der Waals surface area (Å²) >= 11 is 10.3. The standard InChI is InChI=1S/C12H15F3N2.C8H6ClNOS.CH4O/c1-16-5-7-17(8-6-16)11-4-2-3-10(9-11)12(13,14)15;9-8-3-7(10-5-12)2-1-6(8)4-11;1-2/h2-4,9H,5-8H2,1H3;1-5H,(H,10,12);2H,1H3. The van der Waals surface area contributed by atoms with Crippen molar-refractivity contribution in [3.63, 3.8) is 0 Å². The third-order valence-electron chi connectivity index (χ3n) is 4.39. The van der Waals surface area contributed by atoms with Gasteiger partial charge in [0.15, 0.2) is 6.29 Å². The van der Waals surface area contributed by atoms with E-state index < -0.39 is 11.7 Å². The van der Waals surface area contributed by atoms with Crippen LogP contribution in [-0.4, -0.2) is 62.1 Å². The molecule has 1 saturated heterocycles. The Labute approximate surface area is 190 Å². The van der Waals surface area contributed by atoms with E-state index in [0.29, 0.717) is 22.6 Å². The summed E-state index contributed by atoms with van der Waals surface area (Å²) < 4.78 is 37.7. The molecule has 3 rings (SSSR count). The van der Waals surface area contributed by atoms with Crippen LogP contribution >= 0.6 is 23.8 Å². The molecule has 2 aromatic carbocycles. The number of nitrogens with zero attached hydrogens (tertiary/aromatic N) is 2. The molecular formula is C21H25ClF3N3O2S. The fourth-order valence-electron chi connectivity index (χ4n) is 2.72. The van der Waals surface area contributed by atoms with Crippen molar-refractivity contribution in [3.05, 3.63) is 58.6 Å². The van der Waals surface area contributed by atoms with Gasteiger partial charge in [-0.3, -0.25) is 4.79 Å². The van der Waals surface area contributed by atoms with Crippen LogP contribution in [0, 0.1) is 0 Å². The fourth-order valence-corrected chi connectivity index (χ4v) is 3.09. The first kappa shape index (κ1) is 26.8. The van der Waals surface area contributed by atoms with Gasteiger partial charge in [-0.15, -0.1) is 0 Å². The number of aliphatic hydroxyl groups is 1. The summed E-state index contributed by atoms with van der Waals surface area (Å²) in [5, 5.41) is 10.2. The normalized spacial score (nSPS) is 13.8. The number of anilines is 2. The van der Waals surface area contributed by atoms with E-state index in [0.717, 1.165) is 45.0 Å². The number of alkyl halides is 3. The number of hydrogen-bond acceptors (Lipinski definition) is 5. The Balaban J connectivity index is 0.000000303. The Morgan fingerprint density at radius 3 is 2.26 bits per heavy atom. The maximum atomic E-state index is 12.6. The van der Waals surface area contributed by atoms with Gasteiger partial charge in [-0.05, 0) is 43.4 Å². The average Bonchev–Trinajstić information content (AvgIpc) is 2.76. The SMILES string of the molecule is CN1CCN(c2cccc(C(F)(F)F)c2)CC1.CO.O=Cc1ccc(NC=S)cc1Cl. The molecule has 0 bridgehead atoms. The summed E-state index contributed by atoms with van der Waals surface area (Å²) in [6, 6.07) is 10.6. The Hall–Kier alpha value is -2.20. The molecule has 0 radical (unpaired) electrons. The van der Waals surface area contributed by atoms with Gasteiger partial charge in [-0.2, -0.15) is 13.2 Å². The summed E-state index contributed by atoms with van der Waals surface area (Å²) in [5.74, 6) is 0. The molecule has 31 heavy (non-hydrogen) atoms. The molecule has 0 aliphatic carbocycles. The highest BCUT2D eigenvalue weighted by molar-refractivity contribution is 7.79. The minimum atomic E-state index is -4.26. The van der Waals surface area contributed by atoms with E-state index in [4.69, 9.17) is 16.7 Å². The molecule has 0 amide bonds. The minimum absolute atomic E-state index is 0.423. The number of thiocarbonyl (C=S) groups is 1. The summed E-state index contributed by atoms with van der Waals surface area (Å²) in [6.45, 7) is 3.32. The van der Waals surface area contributed by atoms with E-state index in [1.807, 2.05) is 11.9 Å². The zero-order chi connectivity index (χ0) is 23.4. The lowest BCUT2D eigenvalue weighted by atomic mass is 10.1. The summed E-state index contributed by atoms with van der Waals surface area (Å²) in [4.78, 5) is 14.5. The second-order valence-corrected chi connectivity index (χ2v) is 7.10. The van der Waals surface area contributed by atoms with Crippen molar-refractivity contribution >= 4 is 47.0 Å². The van der Waals surface area contributed by atoms with E-state index in [1.165, 1.54) is 17.6 Å². The Morgan fingerprint density at radius 1 is 1.10 bits per heavy atom. The van der Waals surface area contributed by atoms with Crippen LogP contribution in [0.2, 0.25) is 5.02 Å². The highest BCUT2D eigenvalue weighted by Gasteiger charge is 2.31. The molecule has 10 heteroatoms. The molecular weight excluding hydrogens is 451 g/mol. The molecule has 2 aromatic rings. The van der Waals surface area contributed by atoms with E-state index in [-0.39, 0.29) is 0 Å². The van der Waals surface area contributed by atoms with E-state index in [2.05, 4.69) is 22.4 Å². The van der Waals surface area contributed by atoms with Crippen LogP contribution in [-0.2, 0) is 6.18 Å². The van der Waals surface area contributed by atoms with Gasteiger partial charge in [0.2, 0.25) is 0 Å². The smallest absolute Gasteiger partial charge is 0.400 e. The van der Waals surface area contributed by atoms with Crippen molar-refractivity contribution in [2.75, 3.05) is 50.6 Å². The lowest BCUT2D eigenvalue weighted by molar-refractivity contribution is -0.137. The van der Waals surface area contributed by atoms with Crippen LogP contribution in [0.1, 0.15) is 15.9 Å². The van der Waals surface area contributed by atoms with Crippen LogP contribution < -0.4 is 10.2 Å². The minimum Gasteiger partial charge on any atom is -0.400 e. The first-order valence-corrected chi connectivity index (χ1v) is 10.1. The number of nitrogens with one attached hydrogen (secondary N) is 1. The number of aldehydes is 1. The second kappa shape index (κ2) is 13.3. The molecule has 1 fully saturated rings. The lowest BCUT2D eigenvalue weighted by Crippen LogP contribution is -2.44. The largest absolute Gasteiger partial charge is 0.416 e. The van der Waals surface area contributed by atoms with Crippen LogP contribution in [0.4, 0.5) is 24.5 Å². The number of halogens is 4. The topological polar surface area (TPSA) is 55.8 Å². The maximum Gasteiger partial charge on any atom is 0.416 e. The predicted octanol–water partition coefficient (Wildman–Crippen LogP) is 4.59. The van der Waals surface area contributed by atoms with Crippen molar-refractivity contribution in [2.24, 2.45) is 0 Å². The first-order valence-electron chi connectivity index (χ1n) is 9.25. The third-order valence-corrected chi connectivity index (χ3v) is 4.84. The number of carbonyl (C=O) groups excluding carboxylic acids is 1. The number of carbonyl (C=O) groups is 1. The Bertz CT molecular complexity index is 845. The van der Waals surface area contributed by atoms with Crippen molar-refractivity contribution in [3.8, 4) is 0 Å². The highest BCUT2D eigenvalue weighted by atomic mass is 35.5. The monoisotopic (exact) mass is 475 g/mol. The molecule has 0 atom stereocenters. The van der Waals surface area contributed by atoms with Gasteiger partial charge in [-0.25, -0.2) is 0 Å². The van der Waals surface area contributed by atoms with Crippen LogP contribution in [0.5, 0.6) is 0 Å². The molecule has 1 aliphatic heterocycles. The molecule has 2 N–H and O–H groups in total. The molecule has 0 saturated carbocycles. The van der Waals surface area contributed by atoms with Crippen molar-refractivity contribution in [1.29, 1.82) is 0 Å². The summed E-state index contributed by atoms with van der Waals surface area (Å²) in [7, 11) is 3.02. The van der Waals surface area contributed by atoms with Gasteiger partial charge < -0.3 is 20.2 Å². The maximum absolute atomic E-state index is 12.6. The molecule has 1 heterocycles. The predicted molar refractivity (Wildman–Crippen MR) is 123 cm³/mol. The van der Waals surface area contributed by atoms with Crippen LogP contribution in [0.25, 0.3) is 0 Å². The highest BCUT2D eigenvalue weighted by Crippen LogP contribution is 2.31. The molecule has 0 aromatic heterocycles. The first-order chi connectivity index (χ1) is 14.7. The van der Waals surface area contributed by atoms with Crippen molar-refractivity contribution in [1.82, 2.24) is 4.90 Å². The van der Waals surface area contributed by atoms with Crippen LogP contribution in [0.3, 0.4) is 0 Å². The Morgan fingerprint density at radius 2 is 1.74 bits per heavy atom. The number of piperazine rings is 1. The van der Waals surface area contributed by atoms with Gasteiger partial charge >= 0.3 is 6.18 Å². The van der Waals surface area contributed by atoms with E-state index >= 15 is 0 Å². The zero-order valence-corrected chi connectivity index (χ0v) is 18.8. The molecule has 1 aliphatic rings. The van der Waals surface area contributed by atoms with E-state index in [1.54, 1.807) is 24.3 Å². The number of hydrogen-bond donors (Lipinski definition) is 2. The van der Waals surface area contributed by atoms with Crippen molar-refractivity contribution in [2.45, 2.75) is 6.18 Å². The van der Waals surface area contributed by atoms with Gasteiger partial charge in [0.1, 0.15) is 0 Å². The molecule has 170 valence electrons. The second-order valence-electron chi connectivity index (χ2n) is 6.45. The molecule has 0 spiro atoms. The number of aliphatic hydroxyl groups excluding tert-OH is 1. The van der Waals surface area contributed by atoms with Gasteiger partial charge in [0.25, 0.3) is 0 Å². The number of rotatable bonds is 4. The van der Waals surface area contributed by atoms with Crippen LogP contribution in [0.15, 0.2) is 42.5 Å². The Kier molecular flexibility index (Phi) is 11.5. The number of likely N-dealkylation sites (N-methyl/N-ethyl adjacent to an activating group) is 1. The van der Waals surface area contributed by atoms with Gasteiger partial charge in [0, 0.05) is 50.2 Å². The fraction of sp³-hybridized carbons (Fsp3) is 0.333. The molecule has 5 nitrogen and oxygen atoms in total. The van der Waals surface area contributed by atoms with Gasteiger partial charge in [-0.1, -0.05) is 29.9 Å². The third kappa shape index (κ3) is 8.82.